The molecule has 2 aromatic carbocycles. The highest BCUT2D eigenvalue weighted by atomic mass is 32.2. The van der Waals surface area contributed by atoms with Crippen LogP contribution in [0, 0.1) is 5.82 Å². The average Bonchev–Trinajstić information content (AvgIpc) is 3.24. The lowest BCUT2D eigenvalue weighted by Crippen LogP contribution is -2.26. The average molecular weight is 459 g/mol. The molecule has 0 fully saturated rings. The molecule has 0 atom stereocenters. The number of carbonyl (C=O) groups is 1. The smallest absolute Gasteiger partial charge is 0.419 e. The molecule has 0 aliphatic heterocycles. The molecule has 7 nitrogen and oxygen atoms in total. The number of fused-ring (bicyclic) bond motifs is 2. The number of carbonyl (C=O) groups excluding carboxylic acids is 1. The van der Waals surface area contributed by atoms with Gasteiger partial charge in [0.25, 0.3) is 0 Å². The van der Waals surface area contributed by atoms with E-state index in [1.165, 1.54) is 16.7 Å². The number of sulfone groups is 1. The van der Waals surface area contributed by atoms with Gasteiger partial charge in [0.15, 0.2) is 11.5 Å². The lowest BCUT2D eigenvalue weighted by atomic mass is 10.0. The van der Waals surface area contributed by atoms with Crippen molar-refractivity contribution in [3.8, 4) is 11.1 Å². The Balaban J connectivity index is 1.78. The Morgan fingerprint density at radius 2 is 1.94 bits per heavy atom. The monoisotopic (exact) mass is 458 g/mol. The number of hydrogen-bond acceptors (Lipinski definition) is 6. The fourth-order valence-electron chi connectivity index (χ4n) is 3.41. The highest BCUT2D eigenvalue weighted by Crippen LogP contribution is 2.33. The standard InChI is InChI=1S/C23H23FN2O5S/c1-23(2,3)31-22(27)26-13-17(16-7-6-15(24)12-19(16)26)14-5-8-18-20(11-14)30-21(25-18)9-10-32(4,28)29/h5-8,11-13H,9-10H2,1-4H3. The molecule has 0 N–H and O–H groups in total. The second kappa shape index (κ2) is 7.74. The first kappa shape index (κ1) is 22.0. The van der Waals surface area contributed by atoms with E-state index in [9.17, 15) is 17.6 Å². The first-order valence-corrected chi connectivity index (χ1v) is 12.1. The Hall–Kier alpha value is -3.20. The van der Waals surface area contributed by atoms with Crippen molar-refractivity contribution in [2.24, 2.45) is 0 Å². The van der Waals surface area contributed by atoms with Crippen LogP contribution in [0.15, 0.2) is 47.0 Å². The van der Waals surface area contributed by atoms with E-state index in [0.717, 1.165) is 11.8 Å². The van der Waals surface area contributed by atoms with Gasteiger partial charge in [-0.15, -0.1) is 0 Å². The van der Waals surface area contributed by atoms with Gasteiger partial charge in [-0.2, -0.15) is 0 Å². The zero-order chi connectivity index (χ0) is 23.3. The zero-order valence-electron chi connectivity index (χ0n) is 18.2. The molecule has 0 amide bonds. The third kappa shape index (κ3) is 4.67. The van der Waals surface area contributed by atoms with Gasteiger partial charge in [0.05, 0.1) is 11.3 Å². The van der Waals surface area contributed by atoms with Crippen LogP contribution < -0.4 is 0 Å². The van der Waals surface area contributed by atoms with E-state index in [0.29, 0.717) is 33.5 Å². The molecule has 0 aliphatic rings. The quantitative estimate of drug-likeness (QED) is 0.429. The summed E-state index contributed by atoms with van der Waals surface area (Å²) in [6.45, 7) is 5.28. The van der Waals surface area contributed by atoms with E-state index in [4.69, 9.17) is 9.15 Å². The largest absolute Gasteiger partial charge is 0.443 e. The molecular formula is C23H23FN2O5S. The number of ether oxygens (including phenoxy) is 1. The summed E-state index contributed by atoms with van der Waals surface area (Å²) >= 11 is 0. The Bertz CT molecular complexity index is 1440. The van der Waals surface area contributed by atoms with Gasteiger partial charge in [0, 0.05) is 29.8 Å². The predicted molar refractivity (Wildman–Crippen MR) is 120 cm³/mol. The van der Waals surface area contributed by atoms with Gasteiger partial charge < -0.3 is 9.15 Å². The van der Waals surface area contributed by atoms with Crippen molar-refractivity contribution in [3.05, 3.63) is 54.3 Å². The maximum atomic E-state index is 14.0. The summed E-state index contributed by atoms with van der Waals surface area (Å²) in [5.41, 5.74) is 2.21. The summed E-state index contributed by atoms with van der Waals surface area (Å²) in [7, 11) is -3.13. The Kier molecular flexibility index (Phi) is 5.32. The molecule has 32 heavy (non-hydrogen) atoms. The molecule has 168 valence electrons. The van der Waals surface area contributed by atoms with E-state index in [1.54, 1.807) is 45.2 Å². The number of rotatable bonds is 4. The van der Waals surface area contributed by atoms with E-state index < -0.39 is 27.3 Å². The molecule has 0 bridgehead atoms. The third-order valence-electron chi connectivity index (χ3n) is 4.79. The number of halogens is 1. The van der Waals surface area contributed by atoms with Gasteiger partial charge in [-0.25, -0.2) is 22.6 Å². The van der Waals surface area contributed by atoms with Crippen LogP contribution in [0.4, 0.5) is 9.18 Å². The second-order valence-corrected chi connectivity index (χ2v) is 11.0. The van der Waals surface area contributed by atoms with Gasteiger partial charge in [-0.05, 0) is 56.7 Å². The maximum Gasteiger partial charge on any atom is 0.419 e. The first-order chi connectivity index (χ1) is 14.9. The van der Waals surface area contributed by atoms with Crippen molar-refractivity contribution < 1.29 is 26.8 Å². The van der Waals surface area contributed by atoms with E-state index in [2.05, 4.69) is 4.98 Å². The number of benzene rings is 2. The van der Waals surface area contributed by atoms with Crippen LogP contribution in [0.25, 0.3) is 33.1 Å². The number of aromatic nitrogens is 2. The van der Waals surface area contributed by atoms with Crippen LogP contribution in [0.3, 0.4) is 0 Å². The molecule has 0 radical (unpaired) electrons. The zero-order valence-corrected chi connectivity index (χ0v) is 19.0. The molecule has 0 unspecified atom stereocenters. The molecule has 0 aliphatic carbocycles. The van der Waals surface area contributed by atoms with Crippen LogP contribution in [0.2, 0.25) is 0 Å². The molecule has 2 heterocycles. The molecule has 0 spiro atoms. The Morgan fingerprint density at radius 1 is 1.19 bits per heavy atom. The third-order valence-corrected chi connectivity index (χ3v) is 5.73. The Morgan fingerprint density at radius 3 is 2.62 bits per heavy atom. The minimum Gasteiger partial charge on any atom is -0.443 e. The first-order valence-electron chi connectivity index (χ1n) is 10.0. The fraction of sp³-hybridized carbons (Fsp3) is 0.304. The number of oxazole rings is 1. The van der Waals surface area contributed by atoms with Crippen LogP contribution in [0.5, 0.6) is 0 Å². The molecule has 2 aromatic heterocycles. The minimum absolute atomic E-state index is 0.0539. The Labute approximate surface area is 184 Å². The molecule has 4 rings (SSSR count). The summed E-state index contributed by atoms with van der Waals surface area (Å²) in [4.78, 5) is 17.1. The van der Waals surface area contributed by atoms with E-state index >= 15 is 0 Å². The SMILES string of the molecule is CC(C)(C)OC(=O)n1cc(-c2ccc3nc(CCS(C)(=O)=O)oc3c2)c2ccc(F)cc21. The van der Waals surface area contributed by atoms with Gasteiger partial charge in [-0.1, -0.05) is 6.07 Å². The van der Waals surface area contributed by atoms with Crippen molar-refractivity contribution in [2.45, 2.75) is 32.8 Å². The van der Waals surface area contributed by atoms with Crippen LogP contribution in [-0.4, -0.2) is 41.7 Å². The lowest BCUT2D eigenvalue weighted by Gasteiger charge is -2.19. The highest BCUT2D eigenvalue weighted by Gasteiger charge is 2.22. The molecule has 0 saturated heterocycles. The van der Waals surface area contributed by atoms with Crippen LogP contribution >= 0.6 is 0 Å². The summed E-state index contributed by atoms with van der Waals surface area (Å²) in [5, 5.41) is 0.674. The van der Waals surface area contributed by atoms with Crippen molar-refractivity contribution in [1.29, 1.82) is 0 Å². The molecular weight excluding hydrogens is 435 g/mol. The van der Waals surface area contributed by atoms with Crippen molar-refractivity contribution in [3.63, 3.8) is 0 Å². The molecule has 9 heteroatoms. The molecule has 0 saturated carbocycles. The highest BCUT2D eigenvalue weighted by molar-refractivity contribution is 7.90. The summed E-state index contributed by atoms with van der Waals surface area (Å²) < 4.78 is 49.3. The van der Waals surface area contributed by atoms with Gasteiger partial charge in [-0.3, -0.25) is 4.57 Å². The summed E-state index contributed by atoms with van der Waals surface area (Å²) in [6.07, 6.45) is 2.35. The van der Waals surface area contributed by atoms with E-state index in [1.807, 2.05) is 6.07 Å². The topological polar surface area (TPSA) is 91.4 Å². The van der Waals surface area contributed by atoms with Crippen LogP contribution in [-0.2, 0) is 21.0 Å². The predicted octanol–water partition coefficient (Wildman–Crippen LogP) is 4.96. The van der Waals surface area contributed by atoms with Crippen molar-refractivity contribution in [1.82, 2.24) is 9.55 Å². The van der Waals surface area contributed by atoms with Gasteiger partial charge in [0.2, 0.25) is 0 Å². The molecule has 4 aromatic rings. The fourth-order valence-corrected chi connectivity index (χ4v) is 3.96. The minimum atomic E-state index is -3.13. The van der Waals surface area contributed by atoms with E-state index in [-0.39, 0.29) is 12.2 Å². The number of aryl methyl sites for hydroxylation is 1. The van der Waals surface area contributed by atoms with Gasteiger partial charge >= 0.3 is 6.09 Å². The van der Waals surface area contributed by atoms with Crippen molar-refractivity contribution in [2.75, 3.05) is 12.0 Å². The normalized spacial score (nSPS) is 12.5. The summed E-state index contributed by atoms with van der Waals surface area (Å²) in [6, 6.07) is 9.59. The second-order valence-electron chi connectivity index (χ2n) is 8.72. The number of hydrogen-bond donors (Lipinski definition) is 0. The van der Waals surface area contributed by atoms with Crippen molar-refractivity contribution >= 4 is 37.9 Å². The maximum absolute atomic E-state index is 14.0. The van der Waals surface area contributed by atoms with Crippen LogP contribution in [0.1, 0.15) is 26.7 Å². The lowest BCUT2D eigenvalue weighted by molar-refractivity contribution is 0.0544. The van der Waals surface area contributed by atoms with Gasteiger partial charge in [0.1, 0.15) is 26.8 Å². The number of nitrogens with zero attached hydrogens (tertiary/aromatic N) is 2. The summed E-state index contributed by atoms with van der Waals surface area (Å²) in [5.74, 6) is -0.185.